The first-order valence-corrected chi connectivity index (χ1v) is 7.79. The van der Waals surface area contributed by atoms with E-state index in [2.05, 4.69) is 20.6 Å². The molecule has 0 aliphatic heterocycles. The minimum Gasteiger partial charge on any atom is -0.383 e. The minimum atomic E-state index is -0.325. The molecule has 24 heavy (non-hydrogen) atoms. The summed E-state index contributed by atoms with van der Waals surface area (Å²) in [6, 6.07) is 6.74. The van der Waals surface area contributed by atoms with Gasteiger partial charge >= 0.3 is 0 Å². The molecule has 0 saturated carbocycles. The predicted octanol–water partition coefficient (Wildman–Crippen LogP) is 2.47. The predicted molar refractivity (Wildman–Crippen MR) is 90.4 cm³/mol. The van der Waals surface area contributed by atoms with Crippen molar-refractivity contribution in [3.8, 4) is 11.1 Å². The highest BCUT2D eigenvalue weighted by Gasteiger charge is 2.16. The summed E-state index contributed by atoms with van der Waals surface area (Å²) in [7, 11) is 1.56. The number of methoxy groups -OCH3 is 1. The zero-order chi connectivity index (χ0) is 17.1. The molecule has 0 saturated heterocycles. The van der Waals surface area contributed by atoms with E-state index in [1.54, 1.807) is 31.4 Å². The molecule has 124 valence electrons. The Morgan fingerprint density at radius 2 is 2.12 bits per heavy atom. The smallest absolute Gasteiger partial charge is 0.271 e. The van der Waals surface area contributed by atoms with Crippen LogP contribution < -0.4 is 5.32 Å². The van der Waals surface area contributed by atoms with Crippen LogP contribution in [0.4, 0.5) is 0 Å². The van der Waals surface area contributed by atoms with Crippen LogP contribution in [0, 0.1) is 0 Å². The third-order valence-corrected chi connectivity index (χ3v) is 3.86. The average molecular weight is 366 g/mol. The molecule has 0 unspecified atom stereocenters. The van der Waals surface area contributed by atoms with Gasteiger partial charge in [0.25, 0.3) is 5.91 Å². The standard InChI is InChI=1S/C15H13Cl2N5O2/c1-24-5-4-18-15(23)13-7-11(14-20-19-8-22(14)21-13)10-3-2-9(16)6-12(10)17/h2-3,6-8H,4-5H2,1H3,(H,18,23). The summed E-state index contributed by atoms with van der Waals surface area (Å²) < 4.78 is 6.35. The first kappa shape index (κ1) is 16.6. The molecule has 1 aromatic carbocycles. The summed E-state index contributed by atoms with van der Waals surface area (Å²) in [6.07, 6.45) is 1.43. The van der Waals surface area contributed by atoms with Crippen LogP contribution in [-0.2, 0) is 4.74 Å². The summed E-state index contributed by atoms with van der Waals surface area (Å²) in [5, 5.41) is 15.8. The first-order valence-electron chi connectivity index (χ1n) is 7.04. The molecule has 0 fully saturated rings. The Labute approximate surface area is 147 Å². The molecule has 0 aliphatic carbocycles. The zero-order valence-electron chi connectivity index (χ0n) is 12.7. The highest BCUT2D eigenvalue weighted by atomic mass is 35.5. The van der Waals surface area contributed by atoms with Crippen LogP contribution in [0.1, 0.15) is 10.5 Å². The number of hydrogen-bond acceptors (Lipinski definition) is 5. The molecule has 1 N–H and O–H groups in total. The van der Waals surface area contributed by atoms with Crippen molar-refractivity contribution in [1.82, 2.24) is 25.1 Å². The Kier molecular flexibility index (Phi) is 4.94. The number of halogens is 2. The number of nitrogens with zero attached hydrogens (tertiary/aromatic N) is 4. The van der Waals surface area contributed by atoms with Crippen molar-refractivity contribution in [2.24, 2.45) is 0 Å². The number of benzene rings is 1. The van der Waals surface area contributed by atoms with Crippen LogP contribution in [0.2, 0.25) is 10.0 Å². The quantitative estimate of drug-likeness (QED) is 0.702. The number of carbonyl (C=O) groups excluding carboxylic acids is 1. The van der Waals surface area contributed by atoms with Gasteiger partial charge in [-0.3, -0.25) is 4.79 Å². The van der Waals surface area contributed by atoms with Crippen LogP contribution in [0.3, 0.4) is 0 Å². The third kappa shape index (κ3) is 3.33. The van der Waals surface area contributed by atoms with E-state index in [4.69, 9.17) is 27.9 Å². The van der Waals surface area contributed by atoms with Gasteiger partial charge in [0.15, 0.2) is 5.65 Å². The Bertz CT molecular complexity index is 897. The van der Waals surface area contributed by atoms with E-state index in [0.717, 1.165) is 0 Å². The van der Waals surface area contributed by atoms with Gasteiger partial charge in [-0.1, -0.05) is 29.3 Å². The van der Waals surface area contributed by atoms with Crippen LogP contribution >= 0.6 is 23.2 Å². The van der Waals surface area contributed by atoms with Gasteiger partial charge in [-0.15, -0.1) is 10.2 Å². The van der Waals surface area contributed by atoms with Crippen LogP contribution in [0.15, 0.2) is 30.6 Å². The number of aromatic nitrogens is 4. The molecule has 0 atom stereocenters. The molecule has 1 amide bonds. The van der Waals surface area contributed by atoms with E-state index in [1.807, 2.05) is 0 Å². The fraction of sp³-hybridized carbons (Fsp3) is 0.200. The van der Waals surface area contributed by atoms with Gasteiger partial charge < -0.3 is 10.1 Å². The molecule has 0 bridgehead atoms. The van der Waals surface area contributed by atoms with E-state index in [9.17, 15) is 4.79 Å². The van der Waals surface area contributed by atoms with Crippen molar-refractivity contribution in [2.45, 2.75) is 0 Å². The second-order valence-electron chi connectivity index (χ2n) is 4.92. The molecular formula is C15H13Cl2N5O2. The van der Waals surface area contributed by atoms with Crippen LogP contribution in [0.25, 0.3) is 16.8 Å². The molecule has 3 aromatic rings. The summed E-state index contributed by atoms with van der Waals surface area (Å²) in [5.74, 6) is -0.325. The SMILES string of the molecule is COCCNC(=O)c1cc(-c2ccc(Cl)cc2Cl)c2nncn2n1. The molecule has 2 aromatic heterocycles. The highest BCUT2D eigenvalue weighted by Crippen LogP contribution is 2.32. The summed E-state index contributed by atoms with van der Waals surface area (Å²) in [4.78, 5) is 12.3. The normalized spacial score (nSPS) is 11.0. The lowest BCUT2D eigenvalue weighted by Gasteiger charge is -2.09. The Morgan fingerprint density at radius 3 is 2.88 bits per heavy atom. The van der Waals surface area contributed by atoms with E-state index >= 15 is 0 Å². The van der Waals surface area contributed by atoms with Crippen LogP contribution in [-0.4, -0.2) is 46.0 Å². The Balaban J connectivity index is 2.06. The average Bonchev–Trinajstić information content (AvgIpc) is 3.03. The second kappa shape index (κ2) is 7.12. The van der Waals surface area contributed by atoms with Crippen molar-refractivity contribution in [2.75, 3.05) is 20.3 Å². The molecule has 3 rings (SSSR count). The molecular weight excluding hydrogens is 353 g/mol. The number of carbonyl (C=O) groups is 1. The van der Waals surface area contributed by atoms with Crippen LogP contribution in [0.5, 0.6) is 0 Å². The van der Waals surface area contributed by atoms with Gasteiger partial charge in [0.1, 0.15) is 12.0 Å². The molecule has 2 heterocycles. The largest absolute Gasteiger partial charge is 0.383 e. The summed E-state index contributed by atoms with van der Waals surface area (Å²) in [6.45, 7) is 0.796. The fourth-order valence-electron chi connectivity index (χ4n) is 2.20. The minimum absolute atomic E-state index is 0.222. The summed E-state index contributed by atoms with van der Waals surface area (Å²) in [5.41, 5.74) is 2.04. The summed E-state index contributed by atoms with van der Waals surface area (Å²) >= 11 is 12.2. The highest BCUT2D eigenvalue weighted by molar-refractivity contribution is 6.36. The van der Waals surface area contributed by atoms with Crippen molar-refractivity contribution < 1.29 is 9.53 Å². The Hall–Kier alpha value is -2.22. The number of nitrogens with one attached hydrogen (secondary N) is 1. The second-order valence-corrected chi connectivity index (χ2v) is 5.76. The third-order valence-electron chi connectivity index (χ3n) is 3.31. The number of amides is 1. The lowest BCUT2D eigenvalue weighted by Crippen LogP contribution is -2.28. The van der Waals surface area contributed by atoms with Crippen molar-refractivity contribution in [3.05, 3.63) is 46.3 Å². The van der Waals surface area contributed by atoms with Gasteiger partial charge in [-0.05, 0) is 18.2 Å². The molecule has 0 radical (unpaired) electrons. The number of rotatable bonds is 5. The number of ether oxygens (including phenoxy) is 1. The number of hydrogen-bond donors (Lipinski definition) is 1. The lowest BCUT2D eigenvalue weighted by molar-refractivity contribution is 0.0931. The maximum atomic E-state index is 12.3. The van der Waals surface area contributed by atoms with Gasteiger partial charge in [0.2, 0.25) is 0 Å². The zero-order valence-corrected chi connectivity index (χ0v) is 14.2. The monoisotopic (exact) mass is 365 g/mol. The van der Waals surface area contributed by atoms with E-state index in [0.29, 0.717) is 40.0 Å². The Morgan fingerprint density at radius 1 is 1.29 bits per heavy atom. The topological polar surface area (TPSA) is 81.4 Å². The van der Waals surface area contributed by atoms with Gasteiger partial charge in [0, 0.05) is 29.8 Å². The maximum absolute atomic E-state index is 12.3. The number of fused-ring (bicyclic) bond motifs is 1. The van der Waals surface area contributed by atoms with Gasteiger partial charge in [-0.25, -0.2) is 0 Å². The van der Waals surface area contributed by atoms with Crippen molar-refractivity contribution in [1.29, 1.82) is 0 Å². The molecule has 0 aliphatic rings. The first-order chi connectivity index (χ1) is 11.6. The van der Waals surface area contributed by atoms with Gasteiger partial charge in [-0.2, -0.15) is 9.61 Å². The van der Waals surface area contributed by atoms with Gasteiger partial charge in [0.05, 0.1) is 11.6 Å². The van der Waals surface area contributed by atoms with Crippen molar-refractivity contribution >= 4 is 34.8 Å². The molecule has 0 spiro atoms. The van der Waals surface area contributed by atoms with E-state index in [1.165, 1.54) is 10.8 Å². The van der Waals surface area contributed by atoms with E-state index in [-0.39, 0.29) is 11.6 Å². The fourth-order valence-corrected chi connectivity index (χ4v) is 2.71. The molecule has 7 nitrogen and oxygen atoms in total. The lowest BCUT2D eigenvalue weighted by atomic mass is 10.1. The maximum Gasteiger partial charge on any atom is 0.271 e. The van der Waals surface area contributed by atoms with E-state index < -0.39 is 0 Å². The molecule has 9 heteroatoms. The van der Waals surface area contributed by atoms with Crippen molar-refractivity contribution in [3.63, 3.8) is 0 Å².